The molecule has 1 unspecified atom stereocenters. The number of nitrogens with zero attached hydrogens (tertiary/aromatic N) is 5. The molecule has 1 atom stereocenters. The molecule has 0 saturated carbocycles. The molecule has 2 aromatic rings. The van der Waals surface area contributed by atoms with Crippen molar-refractivity contribution in [2.45, 2.75) is 32.9 Å². The van der Waals surface area contributed by atoms with Gasteiger partial charge in [0.05, 0.1) is 18.3 Å². The molecule has 1 aliphatic rings. The minimum absolute atomic E-state index is 0. The van der Waals surface area contributed by atoms with Gasteiger partial charge in [-0.1, -0.05) is 36.3 Å². The maximum absolute atomic E-state index is 5.02. The summed E-state index contributed by atoms with van der Waals surface area (Å²) < 4.78 is 4.95. The first-order valence-electron chi connectivity index (χ1n) is 11.0. The molecule has 31 heavy (non-hydrogen) atoms. The quantitative estimate of drug-likeness (QED) is 0.315. The Balaban J connectivity index is 0.00000341. The predicted molar refractivity (Wildman–Crippen MR) is 137 cm³/mol. The minimum Gasteiger partial charge on any atom is -0.364 e. The van der Waals surface area contributed by atoms with Crippen LogP contribution in [0.25, 0.3) is 0 Å². The van der Waals surface area contributed by atoms with Crippen LogP contribution in [0.3, 0.4) is 0 Å². The van der Waals surface area contributed by atoms with Crippen molar-refractivity contribution in [3.05, 3.63) is 53.4 Å². The summed E-state index contributed by atoms with van der Waals surface area (Å²) in [4.78, 5) is 12.1. The Labute approximate surface area is 203 Å². The number of hydrogen-bond acceptors (Lipinski definition) is 5. The lowest BCUT2D eigenvalue weighted by Crippen LogP contribution is -2.52. The van der Waals surface area contributed by atoms with Gasteiger partial charge in [0.1, 0.15) is 6.26 Å². The van der Waals surface area contributed by atoms with E-state index in [4.69, 9.17) is 9.52 Å². The Hall–Kier alpha value is -1.65. The summed E-state index contributed by atoms with van der Waals surface area (Å²) in [7, 11) is 4.26. The predicted octanol–water partition coefficient (Wildman–Crippen LogP) is 3.24. The number of aryl methyl sites for hydroxylation is 1. The second-order valence-electron chi connectivity index (χ2n) is 8.02. The van der Waals surface area contributed by atoms with Gasteiger partial charge in [-0.3, -0.25) is 9.89 Å². The third kappa shape index (κ3) is 7.47. The van der Waals surface area contributed by atoms with Crippen molar-refractivity contribution in [3.63, 3.8) is 0 Å². The summed E-state index contributed by atoms with van der Waals surface area (Å²) in [5, 5.41) is 7.52. The number of aromatic nitrogens is 1. The molecule has 1 aromatic carbocycles. The fraction of sp³-hybridized carbons (Fsp3) is 0.565. The number of rotatable bonds is 8. The molecular formula is C23H37IN6O. The number of likely N-dealkylation sites (N-methyl/N-ethyl adjacent to an activating group) is 1. The Morgan fingerprint density at radius 2 is 1.84 bits per heavy atom. The van der Waals surface area contributed by atoms with Crippen molar-refractivity contribution in [1.82, 2.24) is 25.2 Å². The highest BCUT2D eigenvalue weighted by molar-refractivity contribution is 14.0. The molecule has 1 fully saturated rings. The maximum Gasteiger partial charge on any atom is 0.194 e. The van der Waals surface area contributed by atoms with E-state index in [1.165, 1.54) is 11.1 Å². The molecule has 3 rings (SSSR count). The van der Waals surface area contributed by atoms with E-state index in [9.17, 15) is 0 Å². The highest BCUT2D eigenvalue weighted by Gasteiger charge is 2.21. The third-order valence-electron chi connectivity index (χ3n) is 5.69. The fourth-order valence-corrected chi connectivity index (χ4v) is 3.81. The number of nitrogens with one attached hydrogen (secondary N) is 1. The fourth-order valence-electron chi connectivity index (χ4n) is 3.81. The molecule has 172 valence electrons. The van der Waals surface area contributed by atoms with E-state index >= 15 is 0 Å². The monoisotopic (exact) mass is 540 g/mol. The largest absolute Gasteiger partial charge is 0.364 e. The molecule has 0 aliphatic carbocycles. The van der Waals surface area contributed by atoms with E-state index in [0.29, 0.717) is 0 Å². The molecule has 1 saturated heterocycles. The molecule has 0 bridgehead atoms. The average molecular weight is 540 g/mol. The van der Waals surface area contributed by atoms with Crippen molar-refractivity contribution in [2.75, 3.05) is 53.4 Å². The molecule has 0 amide bonds. The van der Waals surface area contributed by atoms with Crippen molar-refractivity contribution in [1.29, 1.82) is 0 Å². The second kappa shape index (κ2) is 13.0. The zero-order chi connectivity index (χ0) is 21.3. The van der Waals surface area contributed by atoms with Crippen LogP contribution in [0.5, 0.6) is 0 Å². The van der Waals surface area contributed by atoms with Crippen LogP contribution in [0, 0.1) is 0 Å². The molecule has 2 heterocycles. The second-order valence-corrected chi connectivity index (χ2v) is 8.02. The minimum atomic E-state index is 0. The van der Waals surface area contributed by atoms with Crippen LogP contribution >= 0.6 is 24.0 Å². The molecule has 1 aliphatic heterocycles. The summed E-state index contributed by atoms with van der Waals surface area (Å²) in [6, 6.07) is 11.2. The molecule has 7 nitrogen and oxygen atoms in total. The molecular weight excluding hydrogens is 503 g/mol. The number of benzene rings is 1. The Bertz CT molecular complexity index is 770. The number of halogens is 1. The first kappa shape index (κ1) is 25.6. The number of aliphatic imine (C=N–C) groups is 1. The first-order valence-corrected chi connectivity index (χ1v) is 11.0. The van der Waals surface area contributed by atoms with E-state index < -0.39 is 0 Å². The summed E-state index contributed by atoms with van der Waals surface area (Å²) in [5.74, 6) is 1.01. The van der Waals surface area contributed by atoms with Gasteiger partial charge in [-0.25, -0.2) is 0 Å². The lowest BCUT2D eigenvalue weighted by Gasteiger charge is -2.36. The van der Waals surface area contributed by atoms with Crippen LogP contribution in [0.1, 0.15) is 36.7 Å². The highest BCUT2D eigenvalue weighted by Crippen LogP contribution is 2.20. The number of piperazine rings is 1. The Morgan fingerprint density at radius 3 is 2.39 bits per heavy atom. The van der Waals surface area contributed by atoms with Gasteiger partial charge in [0.2, 0.25) is 0 Å². The highest BCUT2D eigenvalue weighted by atomic mass is 127. The standard InChI is InChI=1S/C23H36N6O.HI/c1-5-19-7-9-20(10-8-19)22(27(3)4)17-25-23(24-6-2)29-14-12-28(13-15-29)18-21-11-16-30-26-21;/h7-11,16,22H,5-6,12-15,17-18H2,1-4H3,(H,24,25);1H. The van der Waals surface area contributed by atoms with Gasteiger partial charge in [0, 0.05) is 45.3 Å². The third-order valence-corrected chi connectivity index (χ3v) is 5.69. The summed E-state index contributed by atoms with van der Waals surface area (Å²) >= 11 is 0. The van der Waals surface area contributed by atoms with E-state index in [-0.39, 0.29) is 30.0 Å². The van der Waals surface area contributed by atoms with E-state index in [2.05, 4.69) is 77.4 Å². The van der Waals surface area contributed by atoms with Crippen LogP contribution in [-0.2, 0) is 13.0 Å². The van der Waals surface area contributed by atoms with Crippen molar-refractivity contribution < 1.29 is 4.52 Å². The van der Waals surface area contributed by atoms with Crippen LogP contribution < -0.4 is 5.32 Å². The van der Waals surface area contributed by atoms with Gasteiger partial charge in [-0.15, -0.1) is 24.0 Å². The van der Waals surface area contributed by atoms with E-state index in [0.717, 1.165) is 63.9 Å². The topological polar surface area (TPSA) is 60.1 Å². The molecule has 8 heteroatoms. The average Bonchev–Trinajstić information content (AvgIpc) is 3.27. The zero-order valence-corrected chi connectivity index (χ0v) is 21.6. The Morgan fingerprint density at radius 1 is 1.13 bits per heavy atom. The normalized spacial score (nSPS) is 16.3. The van der Waals surface area contributed by atoms with Gasteiger partial charge in [-0.05, 0) is 38.6 Å². The zero-order valence-electron chi connectivity index (χ0n) is 19.3. The lowest BCUT2D eigenvalue weighted by atomic mass is 10.0. The molecule has 0 spiro atoms. The van der Waals surface area contributed by atoms with Crippen LogP contribution in [-0.4, -0.2) is 79.2 Å². The first-order chi connectivity index (χ1) is 14.6. The smallest absolute Gasteiger partial charge is 0.194 e. The van der Waals surface area contributed by atoms with E-state index in [1.807, 2.05) is 6.07 Å². The molecule has 1 N–H and O–H groups in total. The van der Waals surface area contributed by atoms with Gasteiger partial charge < -0.3 is 19.6 Å². The molecule has 0 radical (unpaired) electrons. The van der Waals surface area contributed by atoms with Crippen molar-refractivity contribution in [2.24, 2.45) is 4.99 Å². The Kier molecular flexibility index (Phi) is 10.8. The number of hydrogen-bond donors (Lipinski definition) is 1. The van der Waals surface area contributed by atoms with Gasteiger partial charge in [0.25, 0.3) is 0 Å². The molecule has 1 aromatic heterocycles. The van der Waals surface area contributed by atoms with E-state index in [1.54, 1.807) is 6.26 Å². The van der Waals surface area contributed by atoms with Gasteiger partial charge in [0.15, 0.2) is 5.96 Å². The van der Waals surface area contributed by atoms with Crippen LogP contribution in [0.4, 0.5) is 0 Å². The van der Waals surface area contributed by atoms with Crippen LogP contribution in [0.15, 0.2) is 46.1 Å². The van der Waals surface area contributed by atoms with Gasteiger partial charge in [-0.2, -0.15) is 0 Å². The summed E-state index contributed by atoms with van der Waals surface area (Å²) in [5.41, 5.74) is 3.68. The summed E-state index contributed by atoms with van der Waals surface area (Å²) in [6.07, 6.45) is 2.71. The lowest BCUT2D eigenvalue weighted by molar-refractivity contribution is 0.168. The van der Waals surface area contributed by atoms with Crippen molar-refractivity contribution >= 4 is 29.9 Å². The summed E-state index contributed by atoms with van der Waals surface area (Å²) in [6.45, 7) is 10.7. The number of guanidine groups is 1. The SMILES string of the molecule is CCNC(=NCC(c1ccc(CC)cc1)N(C)C)N1CCN(Cc2ccon2)CC1.I. The van der Waals surface area contributed by atoms with Gasteiger partial charge >= 0.3 is 0 Å². The maximum atomic E-state index is 5.02. The van der Waals surface area contributed by atoms with Crippen LogP contribution in [0.2, 0.25) is 0 Å². The van der Waals surface area contributed by atoms with Crippen molar-refractivity contribution in [3.8, 4) is 0 Å².